The van der Waals surface area contributed by atoms with Crippen molar-refractivity contribution in [3.8, 4) is 0 Å². The summed E-state index contributed by atoms with van der Waals surface area (Å²) >= 11 is 1.77. The van der Waals surface area contributed by atoms with Crippen molar-refractivity contribution in [1.29, 1.82) is 0 Å². The van der Waals surface area contributed by atoms with Crippen molar-refractivity contribution in [2.24, 2.45) is 0 Å². The number of piperidine rings is 1. The number of likely N-dealkylation sites (tertiary alicyclic amines) is 1. The average molecular weight is 587 g/mol. The number of nitrogens with zero attached hydrogens (tertiary/aromatic N) is 2. The smallest absolute Gasteiger partial charge is 0.475 e. The number of pyridine rings is 1. The van der Waals surface area contributed by atoms with E-state index in [1.54, 1.807) is 11.3 Å². The highest BCUT2D eigenvalue weighted by Crippen LogP contribution is 2.36. The van der Waals surface area contributed by atoms with Crippen LogP contribution in [0.15, 0.2) is 35.0 Å². The Morgan fingerprint density at radius 2 is 1.79 bits per heavy atom. The molecule has 0 saturated carbocycles. The van der Waals surface area contributed by atoms with E-state index in [-0.39, 0.29) is 11.7 Å². The van der Waals surface area contributed by atoms with Crippen molar-refractivity contribution >= 4 is 23.3 Å². The van der Waals surface area contributed by atoms with E-state index in [9.17, 15) is 26.3 Å². The lowest BCUT2D eigenvalue weighted by atomic mass is 9.89. The van der Waals surface area contributed by atoms with Crippen LogP contribution in [0, 0.1) is 6.92 Å². The quantitative estimate of drug-likeness (QED) is 0.469. The number of alkyl halides is 6. The van der Waals surface area contributed by atoms with Gasteiger partial charge in [-0.15, -0.1) is 0 Å². The summed E-state index contributed by atoms with van der Waals surface area (Å²) in [6.07, 6.45) is -6.63. The predicted octanol–water partition coefficient (Wildman–Crippen LogP) is 5.06. The summed E-state index contributed by atoms with van der Waals surface area (Å²) in [4.78, 5) is 24.8. The van der Waals surface area contributed by atoms with Gasteiger partial charge < -0.3 is 19.7 Å². The summed E-state index contributed by atoms with van der Waals surface area (Å²) in [7, 11) is 0. The molecule has 2 aliphatic heterocycles. The van der Waals surface area contributed by atoms with Crippen LogP contribution in [0.3, 0.4) is 0 Å². The maximum atomic E-state index is 10.6. The van der Waals surface area contributed by atoms with E-state index in [4.69, 9.17) is 29.3 Å². The first-order chi connectivity index (χ1) is 18.1. The SMILES string of the molecule is Cc1cccc(CO[C@H]2CO[C@@]3(CCCN(Cc4ccsc4)C3)C2)n1.O=C(O)C(F)(F)F.O=C(O)C(F)(F)F. The van der Waals surface area contributed by atoms with Crippen molar-refractivity contribution in [2.75, 3.05) is 19.7 Å². The number of halogens is 6. The Kier molecular flexibility index (Phi) is 11.7. The number of carboxylic acid groups (broad SMARTS) is 2. The number of thiophene rings is 1. The summed E-state index contributed by atoms with van der Waals surface area (Å²) in [6, 6.07) is 8.31. The lowest BCUT2D eigenvalue weighted by Crippen LogP contribution is -2.47. The molecule has 2 saturated heterocycles. The van der Waals surface area contributed by atoms with Crippen molar-refractivity contribution in [3.63, 3.8) is 0 Å². The molecule has 2 atom stereocenters. The van der Waals surface area contributed by atoms with Gasteiger partial charge in [0.25, 0.3) is 0 Å². The van der Waals surface area contributed by atoms with Gasteiger partial charge in [0.05, 0.1) is 30.6 Å². The fourth-order valence-corrected chi connectivity index (χ4v) is 4.70. The minimum atomic E-state index is -5.08. The summed E-state index contributed by atoms with van der Waals surface area (Å²) in [6.45, 7) is 6.52. The predicted molar refractivity (Wildman–Crippen MR) is 127 cm³/mol. The molecule has 0 radical (unpaired) electrons. The molecule has 4 rings (SSSR count). The molecule has 0 aliphatic carbocycles. The third kappa shape index (κ3) is 11.5. The van der Waals surface area contributed by atoms with Gasteiger partial charge >= 0.3 is 24.3 Å². The molecule has 1 spiro atoms. The Bertz CT molecular complexity index is 1040. The number of hydrogen-bond acceptors (Lipinski definition) is 7. The zero-order valence-electron chi connectivity index (χ0n) is 20.8. The summed E-state index contributed by atoms with van der Waals surface area (Å²) in [5, 5.41) is 18.7. The number of ether oxygens (including phenoxy) is 2. The van der Waals surface area contributed by atoms with Crippen molar-refractivity contribution < 1.29 is 55.6 Å². The van der Waals surface area contributed by atoms with Crippen LogP contribution in [0.2, 0.25) is 0 Å². The monoisotopic (exact) mass is 586 g/mol. The first kappa shape index (κ1) is 32.5. The van der Waals surface area contributed by atoms with Crippen LogP contribution in [0.25, 0.3) is 0 Å². The largest absolute Gasteiger partial charge is 0.490 e. The molecule has 0 aromatic carbocycles. The maximum Gasteiger partial charge on any atom is 0.490 e. The fraction of sp³-hybridized carbons (Fsp3) is 0.542. The number of aryl methyl sites for hydroxylation is 1. The zero-order chi connectivity index (χ0) is 29.3. The zero-order valence-corrected chi connectivity index (χ0v) is 21.6. The van der Waals surface area contributed by atoms with Gasteiger partial charge in [-0.1, -0.05) is 6.07 Å². The van der Waals surface area contributed by atoms with Gasteiger partial charge in [-0.25, -0.2) is 9.59 Å². The molecule has 15 heteroatoms. The molecule has 0 unspecified atom stereocenters. The van der Waals surface area contributed by atoms with E-state index in [2.05, 4.69) is 26.7 Å². The standard InChI is InChI=1S/C20H26N2O2S.2C2HF3O2/c1-16-4-2-5-18(21-16)12-23-19-10-20(24-13-19)7-3-8-22(15-20)11-17-6-9-25-14-17;2*3-2(4,5)1(6)7/h2,4-6,9,14,19H,3,7-8,10-13,15H2,1H3;2*(H,6,7)/t19-,20+;;/m1../s1. The van der Waals surface area contributed by atoms with Gasteiger partial charge in [0.2, 0.25) is 0 Å². The van der Waals surface area contributed by atoms with Gasteiger partial charge in [-0.2, -0.15) is 37.7 Å². The van der Waals surface area contributed by atoms with Gasteiger partial charge in [0.15, 0.2) is 0 Å². The van der Waals surface area contributed by atoms with Crippen LogP contribution >= 0.6 is 11.3 Å². The molecule has 2 fully saturated rings. The minimum Gasteiger partial charge on any atom is -0.475 e. The second-order valence-corrected chi connectivity index (χ2v) is 9.73. The van der Waals surface area contributed by atoms with E-state index in [1.165, 1.54) is 18.5 Å². The Morgan fingerprint density at radius 1 is 1.15 bits per heavy atom. The number of carbonyl (C=O) groups is 2. The molecular weight excluding hydrogens is 558 g/mol. The van der Waals surface area contributed by atoms with Gasteiger partial charge in [0.1, 0.15) is 0 Å². The Morgan fingerprint density at radius 3 is 2.33 bits per heavy atom. The highest BCUT2D eigenvalue weighted by molar-refractivity contribution is 7.07. The van der Waals surface area contributed by atoms with Crippen LogP contribution in [0.4, 0.5) is 26.3 Å². The van der Waals surface area contributed by atoms with Crippen LogP contribution < -0.4 is 0 Å². The lowest BCUT2D eigenvalue weighted by Gasteiger charge is -2.39. The highest BCUT2D eigenvalue weighted by Gasteiger charge is 2.44. The highest BCUT2D eigenvalue weighted by atomic mass is 32.1. The summed E-state index contributed by atoms with van der Waals surface area (Å²) in [5.74, 6) is -5.51. The molecule has 39 heavy (non-hydrogen) atoms. The molecular formula is C24H28F6N2O6S. The number of hydrogen-bond donors (Lipinski definition) is 2. The molecule has 2 aromatic rings. The molecule has 0 amide bonds. The van der Waals surface area contributed by atoms with Gasteiger partial charge in [-0.05, 0) is 60.8 Å². The maximum absolute atomic E-state index is 10.6. The number of carboxylic acids is 2. The number of rotatable bonds is 5. The van der Waals surface area contributed by atoms with E-state index >= 15 is 0 Å². The topological polar surface area (TPSA) is 109 Å². The molecule has 2 N–H and O–H groups in total. The molecule has 4 heterocycles. The van der Waals surface area contributed by atoms with Crippen molar-refractivity contribution in [1.82, 2.24) is 9.88 Å². The Balaban J connectivity index is 0.000000317. The Hall–Kier alpha value is -2.75. The van der Waals surface area contributed by atoms with Crippen LogP contribution in [0.1, 0.15) is 36.2 Å². The number of aromatic nitrogens is 1. The summed E-state index contributed by atoms with van der Waals surface area (Å²) in [5.41, 5.74) is 3.44. The normalized spacial score (nSPS) is 21.5. The first-order valence-corrected chi connectivity index (χ1v) is 12.6. The summed E-state index contributed by atoms with van der Waals surface area (Å²) < 4.78 is 75.9. The molecule has 8 nitrogen and oxygen atoms in total. The van der Waals surface area contributed by atoms with Crippen LogP contribution in [-0.4, -0.2) is 75.8 Å². The second-order valence-electron chi connectivity index (χ2n) is 8.95. The molecule has 218 valence electrons. The molecule has 2 aliphatic rings. The van der Waals surface area contributed by atoms with E-state index in [0.717, 1.165) is 37.3 Å². The second kappa shape index (κ2) is 14.1. The van der Waals surface area contributed by atoms with Crippen LogP contribution in [0.5, 0.6) is 0 Å². The molecule has 2 aromatic heterocycles. The van der Waals surface area contributed by atoms with Crippen LogP contribution in [-0.2, 0) is 32.2 Å². The minimum absolute atomic E-state index is 0.0149. The number of aliphatic carboxylic acids is 2. The van der Waals surface area contributed by atoms with E-state index in [1.807, 2.05) is 25.1 Å². The van der Waals surface area contributed by atoms with E-state index < -0.39 is 24.3 Å². The third-order valence-electron chi connectivity index (χ3n) is 5.68. The third-order valence-corrected chi connectivity index (χ3v) is 6.41. The van der Waals surface area contributed by atoms with Crippen molar-refractivity contribution in [2.45, 2.75) is 63.4 Å². The van der Waals surface area contributed by atoms with Gasteiger partial charge in [-0.3, -0.25) is 9.88 Å². The molecule has 0 bridgehead atoms. The first-order valence-electron chi connectivity index (χ1n) is 11.6. The lowest BCUT2D eigenvalue weighted by molar-refractivity contribution is -0.193. The van der Waals surface area contributed by atoms with Crippen molar-refractivity contribution in [3.05, 3.63) is 52.0 Å². The van der Waals surface area contributed by atoms with E-state index in [0.29, 0.717) is 13.2 Å². The average Bonchev–Trinajstić information content (AvgIpc) is 3.48. The fourth-order valence-electron chi connectivity index (χ4n) is 4.04. The van der Waals surface area contributed by atoms with Gasteiger partial charge in [0, 0.05) is 25.2 Å². The Labute approximate surface area is 224 Å².